The van der Waals surface area contributed by atoms with Gasteiger partial charge in [-0.2, -0.15) is 4.72 Å². The molecule has 4 aromatic rings. The van der Waals surface area contributed by atoms with E-state index in [1.807, 2.05) is 73.7 Å². The normalized spacial score (nSPS) is 23.2. The number of hydrogen-bond donors (Lipinski definition) is 4. The molecule has 4 N–H and O–H groups in total. The molecule has 0 spiro atoms. The van der Waals surface area contributed by atoms with Crippen LogP contribution in [0, 0.1) is 12.8 Å². The number of amides is 1. The number of hydrogen-bond acceptors (Lipinski definition) is 8. The summed E-state index contributed by atoms with van der Waals surface area (Å²) in [7, 11) is -3.98. The zero-order chi connectivity index (χ0) is 36.0. The van der Waals surface area contributed by atoms with Crippen molar-refractivity contribution < 1.29 is 32.9 Å². The fraction of sp³-hybridized carbons (Fsp3) is 0.375. The second-order valence-corrected chi connectivity index (χ2v) is 15.3. The van der Waals surface area contributed by atoms with Gasteiger partial charge >= 0.3 is 0 Å². The number of aliphatic hydroxyl groups excluding tert-OH is 2. The molecule has 2 saturated heterocycles. The molecule has 6 atom stereocenters. The van der Waals surface area contributed by atoms with Crippen LogP contribution < -0.4 is 10.0 Å². The van der Waals surface area contributed by atoms with Crippen molar-refractivity contribution >= 4 is 21.6 Å². The summed E-state index contributed by atoms with van der Waals surface area (Å²) in [6.07, 6.45) is 0.991. The maximum atomic E-state index is 13.7. The molecule has 51 heavy (non-hydrogen) atoms. The van der Waals surface area contributed by atoms with Gasteiger partial charge in [0.05, 0.1) is 30.3 Å². The van der Waals surface area contributed by atoms with Crippen LogP contribution in [0.3, 0.4) is 0 Å². The molecule has 0 radical (unpaired) electrons. The number of carbonyl (C=O) groups excluding carboxylic acids is 1. The standard InChI is InChI=1S/C40H47N3O7S/c1-27-10-20-35(21-11-27)51(47,48)42-36(23-29-7-4-3-5-8-29)39(46)41-33-18-16-32(17-19-33)40-49-37(24-43-22-6-9-34(43)26-45)28(2)38(50-40)31-14-12-30(25-44)13-15-31/h3-5,7-8,10-21,28,34,36-38,40,42,44-45H,6,9,22-26H2,1-2H3,(H,41,46)/t28-,34+,36-,37+,38+,40+/m1/s1. The van der Waals surface area contributed by atoms with Crippen molar-refractivity contribution in [2.45, 2.75) is 75.2 Å². The van der Waals surface area contributed by atoms with Crippen molar-refractivity contribution in [3.63, 3.8) is 0 Å². The van der Waals surface area contributed by atoms with E-state index in [2.05, 4.69) is 21.9 Å². The summed E-state index contributed by atoms with van der Waals surface area (Å²) in [4.78, 5) is 16.1. The van der Waals surface area contributed by atoms with Crippen LogP contribution in [0.2, 0.25) is 0 Å². The topological polar surface area (TPSA) is 137 Å². The molecule has 2 heterocycles. The lowest BCUT2D eigenvalue weighted by atomic mass is 9.90. The quantitative estimate of drug-likeness (QED) is 0.147. The third kappa shape index (κ3) is 9.11. The molecule has 1 amide bonds. The van der Waals surface area contributed by atoms with Gasteiger partial charge < -0.3 is 25.0 Å². The Kier molecular flexibility index (Phi) is 12.0. The summed E-state index contributed by atoms with van der Waals surface area (Å²) in [5.74, 6) is -0.484. The lowest BCUT2D eigenvalue weighted by Crippen LogP contribution is -2.46. The Bertz CT molecular complexity index is 1840. The first-order valence-corrected chi connectivity index (χ1v) is 19.0. The Morgan fingerprint density at radius 3 is 2.24 bits per heavy atom. The van der Waals surface area contributed by atoms with E-state index >= 15 is 0 Å². The number of rotatable bonds is 13. The van der Waals surface area contributed by atoms with Gasteiger partial charge in [0.2, 0.25) is 15.9 Å². The van der Waals surface area contributed by atoms with Gasteiger partial charge in [-0.1, -0.05) is 91.3 Å². The predicted molar refractivity (Wildman–Crippen MR) is 195 cm³/mol. The van der Waals surface area contributed by atoms with E-state index in [0.717, 1.165) is 47.2 Å². The molecule has 4 aromatic carbocycles. The van der Waals surface area contributed by atoms with Crippen LogP contribution in [0.5, 0.6) is 0 Å². The van der Waals surface area contributed by atoms with E-state index in [1.165, 1.54) is 12.1 Å². The average Bonchev–Trinajstić information content (AvgIpc) is 3.60. The molecule has 0 unspecified atom stereocenters. The van der Waals surface area contributed by atoms with Crippen molar-refractivity contribution in [3.8, 4) is 0 Å². The van der Waals surface area contributed by atoms with Crippen molar-refractivity contribution in [3.05, 3.63) is 131 Å². The number of aryl methyl sites for hydroxylation is 1. The van der Waals surface area contributed by atoms with Crippen molar-refractivity contribution in [1.29, 1.82) is 0 Å². The van der Waals surface area contributed by atoms with Crippen LogP contribution in [0.4, 0.5) is 5.69 Å². The Labute approximate surface area is 300 Å². The lowest BCUT2D eigenvalue weighted by Gasteiger charge is -2.43. The molecule has 11 heteroatoms. The molecule has 270 valence electrons. The third-order valence-electron chi connectivity index (χ3n) is 9.93. The molecule has 0 aliphatic carbocycles. The molecule has 0 bridgehead atoms. The molecule has 2 aliphatic heterocycles. The van der Waals surface area contributed by atoms with Crippen LogP contribution in [0.1, 0.15) is 60.0 Å². The van der Waals surface area contributed by atoms with Crippen LogP contribution in [-0.4, -0.2) is 67.3 Å². The fourth-order valence-electron chi connectivity index (χ4n) is 6.86. The number of likely N-dealkylation sites (tertiary alicyclic amines) is 1. The summed E-state index contributed by atoms with van der Waals surface area (Å²) in [5.41, 5.74) is 4.81. The second kappa shape index (κ2) is 16.6. The Hall–Kier alpha value is -3.94. The van der Waals surface area contributed by atoms with Gasteiger partial charge in [-0.05, 0) is 73.7 Å². The highest BCUT2D eigenvalue weighted by Crippen LogP contribution is 2.42. The second-order valence-electron chi connectivity index (χ2n) is 13.6. The van der Waals surface area contributed by atoms with Gasteiger partial charge in [0.25, 0.3) is 0 Å². The highest BCUT2D eigenvalue weighted by atomic mass is 32.2. The smallest absolute Gasteiger partial charge is 0.242 e. The summed E-state index contributed by atoms with van der Waals surface area (Å²) in [5, 5.41) is 22.4. The van der Waals surface area contributed by atoms with Gasteiger partial charge in [0, 0.05) is 29.8 Å². The van der Waals surface area contributed by atoms with Crippen molar-refractivity contribution in [2.24, 2.45) is 5.92 Å². The van der Waals surface area contributed by atoms with Crippen molar-refractivity contribution in [2.75, 3.05) is 25.0 Å². The first-order valence-electron chi connectivity index (χ1n) is 17.5. The van der Waals surface area contributed by atoms with Gasteiger partial charge in [0.1, 0.15) is 6.04 Å². The van der Waals surface area contributed by atoms with Gasteiger partial charge in [-0.3, -0.25) is 9.69 Å². The molecule has 2 fully saturated rings. The maximum Gasteiger partial charge on any atom is 0.242 e. The number of sulfonamides is 1. The van der Waals surface area contributed by atoms with E-state index in [-0.39, 0.29) is 48.7 Å². The number of anilines is 1. The number of nitrogens with zero attached hydrogens (tertiary/aromatic N) is 1. The number of ether oxygens (including phenoxy) is 2. The van der Waals surface area contributed by atoms with Gasteiger partial charge in [-0.15, -0.1) is 0 Å². The molecular weight excluding hydrogens is 667 g/mol. The minimum absolute atomic E-state index is 0.00460. The SMILES string of the molecule is Cc1ccc(S(=O)(=O)N[C@H](Cc2ccccc2)C(=O)Nc2ccc([C@H]3O[C@@H](CN4CCC[C@H]4CO)[C@@H](C)[C@@H](c4ccc(CO)cc4)O3)cc2)cc1. The van der Waals surface area contributed by atoms with E-state index in [9.17, 15) is 23.4 Å². The lowest BCUT2D eigenvalue weighted by molar-refractivity contribution is -0.276. The summed E-state index contributed by atoms with van der Waals surface area (Å²) in [6.45, 7) is 5.63. The van der Waals surface area contributed by atoms with Gasteiger partial charge in [-0.25, -0.2) is 8.42 Å². The summed E-state index contributed by atoms with van der Waals surface area (Å²) < 4.78 is 42.5. The van der Waals surface area contributed by atoms with E-state index in [1.54, 1.807) is 24.3 Å². The summed E-state index contributed by atoms with van der Waals surface area (Å²) >= 11 is 0. The van der Waals surface area contributed by atoms with Crippen LogP contribution in [0.25, 0.3) is 0 Å². The average molecular weight is 714 g/mol. The number of carbonyl (C=O) groups is 1. The monoisotopic (exact) mass is 713 g/mol. The first-order chi connectivity index (χ1) is 24.6. The van der Waals surface area contributed by atoms with Crippen molar-refractivity contribution in [1.82, 2.24) is 9.62 Å². The largest absolute Gasteiger partial charge is 0.395 e. The minimum atomic E-state index is -3.98. The van der Waals surface area contributed by atoms with Crippen LogP contribution >= 0.6 is 0 Å². The molecule has 6 rings (SSSR count). The Morgan fingerprint density at radius 1 is 0.882 bits per heavy atom. The van der Waals surface area contributed by atoms with E-state index in [4.69, 9.17) is 9.47 Å². The maximum absolute atomic E-state index is 13.7. The Morgan fingerprint density at radius 2 is 1.57 bits per heavy atom. The molecule has 0 aromatic heterocycles. The first kappa shape index (κ1) is 36.8. The van der Waals surface area contributed by atoms with Crippen LogP contribution in [0.15, 0.2) is 108 Å². The van der Waals surface area contributed by atoms with Crippen LogP contribution in [-0.2, 0) is 37.3 Å². The van der Waals surface area contributed by atoms with Gasteiger partial charge in [0.15, 0.2) is 6.29 Å². The van der Waals surface area contributed by atoms with E-state index < -0.39 is 28.3 Å². The zero-order valence-corrected chi connectivity index (χ0v) is 29.8. The minimum Gasteiger partial charge on any atom is -0.395 e. The molecule has 0 saturated carbocycles. The zero-order valence-electron chi connectivity index (χ0n) is 29.0. The molecular formula is C40H47N3O7S. The number of aliphatic hydroxyl groups is 2. The highest BCUT2D eigenvalue weighted by molar-refractivity contribution is 7.89. The fourth-order valence-corrected chi connectivity index (χ4v) is 8.06. The highest BCUT2D eigenvalue weighted by Gasteiger charge is 2.40. The summed E-state index contributed by atoms with van der Waals surface area (Å²) in [6, 6.07) is 29.8. The molecule has 2 aliphatic rings. The number of benzene rings is 4. The van der Waals surface area contributed by atoms with E-state index in [0.29, 0.717) is 12.2 Å². The predicted octanol–water partition coefficient (Wildman–Crippen LogP) is 5.26. The Balaban J connectivity index is 1.20. The third-order valence-corrected chi connectivity index (χ3v) is 11.4. The number of nitrogens with one attached hydrogen (secondary N) is 2. The molecule has 10 nitrogen and oxygen atoms in total.